The zero-order valence-electron chi connectivity index (χ0n) is 24.8. The minimum absolute atomic E-state index is 0.0288. The molecule has 2 atom stereocenters. The number of hydrogen-bond donors (Lipinski definition) is 1. The van der Waals surface area contributed by atoms with Crippen molar-refractivity contribution >= 4 is 17.4 Å². The highest BCUT2D eigenvalue weighted by atomic mass is 16.5. The van der Waals surface area contributed by atoms with Crippen LogP contribution >= 0.6 is 0 Å². The van der Waals surface area contributed by atoms with E-state index in [-0.39, 0.29) is 23.9 Å². The molecule has 2 aliphatic rings. The third-order valence-electron chi connectivity index (χ3n) is 8.23. The van der Waals surface area contributed by atoms with Crippen molar-refractivity contribution in [2.24, 2.45) is 0 Å². The lowest BCUT2D eigenvalue weighted by Gasteiger charge is -2.44. The number of carbonyl (C=O) groups is 2. The predicted octanol–water partition coefficient (Wildman–Crippen LogP) is 4.75. The number of methoxy groups -OCH3 is 1. The lowest BCUT2D eigenvalue weighted by Crippen LogP contribution is -2.61. The number of fused-ring (bicyclic) bond motifs is 2. The molecule has 0 spiro atoms. The van der Waals surface area contributed by atoms with Gasteiger partial charge in [-0.05, 0) is 60.1 Å². The molecule has 1 saturated heterocycles. The Bertz CT molecular complexity index is 1400. The Morgan fingerprint density at radius 2 is 1.67 bits per heavy atom. The number of rotatable bonds is 11. The van der Waals surface area contributed by atoms with Crippen LogP contribution in [0, 0.1) is 0 Å². The molecular weight excluding hydrogens is 526 g/mol. The Labute approximate surface area is 249 Å². The standard InChI is InChI=1S/C35H41N3O4/c1-25(39)38-23-29-21-32(34(33(24-38)36-29)35(40)37(2)19-18-26-9-5-4-6-10-26)28-16-14-27(15-17-28)11-8-20-42-31-13-7-12-30(22-31)41-3/h4-7,9-10,12-17,22,29,33,36H,8,11,18-21,23-24H2,1-3H3/t29-,33-/m1/s1. The Balaban J connectivity index is 1.29. The summed E-state index contributed by atoms with van der Waals surface area (Å²) >= 11 is 0. The summed E-state index contributed by atoms with van der Waals surface area (Å²) in [6.45, 7) is 4.03. The van der Waals surface area contributed by atoms with E-state index in [0.717, 1.165) is 47.5 Å². The lowest BCUT2D eigenvalue weighted by molar-refractivity contribution is -0.132. The number of likely N-dealkylation sites (N-methyl/N-ethyl adjacent to an activating group) is 1. The van der Waals surface area contributed by atoms with E-state index in [0.29, 0.717) is 32.7 Å². The van der Waals surface area contributed by atoms with Crippen molar-refractivity contribution < 1.29 is 19.1 Å². The van der Waals surface area contributed by atoms with Crippen molar-refractivity contribution in [1.29, 1.82) is 0 Å². The maximum Gasteiger partial charge on any atom is 0.251 e. The van der Waals surface area contributed by atoms with E-state index >= 15 is 0 Å². The van der Waals surface area contributed by atoms with E-state index in [1.54, 1.807) is 14.0 Å². The van der Waals surface area contributed by atoms with Crippen LogP contribution in [-0.4, -0.2) is 74.1 Å². The van der Waals surface area contributed by atoms with Gasteiger partial charge in [-0.25, -0.2) is 0 Å². The number of aryl methyl sites for hydroxylation is 1. The van der Waals surface area contributed by atoms with Crippen LogP contribution < -0.4 is 14.8 Å². The van der Waals surface area contributed by atoms with Crippen LogP contribution in [0.3, 0.4) is 0 Å². The fraction of sp³-hybridized carbons (Fsp3) is 0.371. The monoisotopic (exact) mass is 567 g/mol. The highest BCUT2D eigenvalue weighted by molar-refractivity contribution is 6.03. The average molecular weight is 568 g/mol. The van der Waals surface area contributed by atoms with Gasteiger partial charge in [0, 0.05) is 51.3 Å². The molecule has 0 radical (unpaired) electrons. The fourth-order valence-electron chi connectivity index (χ4n) is 5.90. The van der Waals surface area contributed by atoms with Crippen LogP contribution in [0.1, 0.15) is 36.5 Å². The predicted molar refractivity (Wildman–Crippen MR) is 166 cm³/mol. The molecule has 7 heteroatoms. The average Bonchev–Trinajstić information content (AvgIpc) is 3.02. The zero-order valence-corrected chi connectivity index (χ0v) is 24.8. The van der Waals surface area contributed by atoms with Gasteiger partial charge in [0.2, 0.25) is 5.91 Å². The second kappa shape index (κ2) is 13.7. The number of ether oxygens (including phenoxy) is 2. The molecular formula is C35H41N3O4. The summed E-state index contributed by atoms with van der Waals surface area (Å²) < 4.78 is 11.2. The third-order valence-corrected chi connectivity index (χ3v) is 8.23. The number of nitrogens with zero attached hydrogens (tertiary/aromatic N) is 2. The van der Waals surface area contributed by atoms with Gasteiger partial charge in [-0.15, -0.1) is 0 Å². The van der Waals surface area contributed by atoms with E-state index in [1.165, 1.54) is 11.1 Å². The van der Waals surface area contributed by atoms with E-state index in [1.807, 2.05) is 59.3 Å². The highest BCUT2D eigenvalue weighted by Crippen LogP contribution is 2.34. The summed E-state index contributed by atoms with van der Waals surface area (Å²) in [5.41, 5.74) is 5.40. The van der Waals surface area contributed by atoms with Crippen molar-refractivity contribution in [1.82, 2.24) is 15.1 Å². The topological polar surface area (TPSA) is 71.1 Å². The van der Waals surface area contributed by atoms with Crippen LogP contribution in [0.25, 0.3) is 5.57 Å². The van der Waals surface area contributed by atoms with Crippen LogP contribution in [0.5, 0.6) is 11.5 Å². The Kier molecular flexibility index (Phi) is 9.59. The second-order valence-electron chi connectivity index (χ2n) is 11.2. The number of hydrogen-bond acceptors (Lipinski definition) is 5. The summed E-state index contributed by atoms with van der Waals surface area (Å²) in [6, 6.07) is 26.5. The first-order chi connectivity index (χ1) is 20.4. The summed E-state index contributed by atoms with van der Waals surface area (Å²) in [6.07, 6.45) is 3.30. The van der Waals surface area contributed by atoms with Gasteiger partial charge < -0.3 is 24.6 Å². The van der Waals surface area contributed by atoms with Crippen LogP contribution in [0.4, 0.5) is 0 Å². The summed E-state index contributed by atoms with van der Waals surface area (Å²) in [4.78, 5) is 30.0. The van der Waals surface area contributed by atoms with E-state index in [4.69, 9.17) is 9.47 Å². The van der Waals surface area contributed by atoms with Crippen LogP contribution in [0.15, 0.2) is 84.4 Å². The molecule has 2 bridgehead atoms. The van der Waals surface area contributed by atoms with Crippen LogP contribution in [0.2, 0.25) is 0 Å². The molecule has 2 aliphatic heterocycles. The Morgan fingerprint density at radius 3 is 2.40 bits per heavy atom. The summed E-state index contributed by atoms with van der Waals surface area (Å²) in [5, 5.41) is 3.64. The molecule has 42 heavy (non-hydrogen) atoms. The van der Waals surface area contributed by atoms with Gasteiger partial charge in [0.25, 0.3) is 5.91 Å². The van der Waals surface area contributed by atoms with Crippen LogP contribution in [-0.2, 0) is 22.4 Å². The van der Waals surface area contributed by atoms with E-state index in [9.17, 15) is 9.59 Å². The molecule has 1 fully saturated rings. The van der Waals surface area contributed by atoms with Gasteiger partial charge >= 0.3 is 0 Å². The van der Waals surface area contributed by atoms with Gasteiger partial charge in [-0.3, -0.25) is 9.59 Å². The first kappa shape index (κ1) is 29.4. The molecule has 3 aromatic carbocycles. The molecule has 5 rings (SSSR count). The molecule has 0 saturated carbocycles. The Morgan fingerprint density at radius 1 is 0.929 bits per heavy atom. The van der Waals surface area contributed by atoms with E-state index in [2.05, 4.69) is 41.7 Å². The van der Waals surface area contributed by atoms with Crippen molar-refractivity contribution in [2.45, 2.75) is 44.7 Å². The normalized spacial score (nSPS) is 18.0. The summed E-state index contributed by atoms with van der Waals surface area (Å²) in [7, 11) is 3.53. The number of benzene rings is 3. The van der Waals surface area contributed by atoms with Crippen molar-refractivity contribution in [3.63, 3.8) is 0 Å². The fourth-order valence-corrected chi connectivity index (χ4v) is 5.90. The second-order valence-corrected chi connectivity index (χ2v) is 11.2. The highest BCUT2D eigenvalue weighted by Gasteiger charge is 2.39. The molecule has 3 aromatic rings. The van der Waals surface area contributed by atoms with Crippen molar-refractivity contribution in [2.75, 3.05) is 40.4 Å². The summed E-state index contributed by atoms with van der Waals surface area (Å²) in [5.74, 6) is 1.68. The molecule has 220 valence electrons. The first-order valence-electron chi connectivity index (χ1n) is 14.8. The zero-order chi connectivity index (χ0) is 29.5. The Hall–Kier alpha value is -4.10. The van der Waals surface area contributed by atoms with Gasteiger partial charge in [0.1, 0.15) is 11.5 Å². The molecule has 2 heterocycles. The molecule has 2 amide bonds. The smallest absolute Gasteiger partial charge is 0.251 e. The van der Waals surface area contributed by atoms with Gasteiger partial charge in [0.15, 0.2) is 0 Å². The molecule has 0 aliphatic carbocycles. The van der Waals surface area contributed by atoms with E-state index < -0.39 is 0 Å². The van der Waals surface area contributed by atoms with Crippen molar-refractivity contribution in [3.05, 3.63) is 101 Å². The molecule has 1 N–H and O–H groups in total. The minimum Gasteiger partial charge on any atom is -0.497 e. The van der Waals surface area contributed by atoms with Gasteiger partial charge in [0.05, 0.1) is 19.8 Å². The number of amides is 2. The number of piperazine rings is 1. The SMILES string of the molecule is COc1cccc(OCCCc2ccc(C3=C(C(=O)N(C)CCc4ccccc4)[C@H]4CN(C(C)=O)C[C@@H](C3)N4)cc2)c1. The quantitative estimate of drug-likeness (QED) is 0.339. The maximum atomic E-state index is 14.0. The first-order valence-corrected chi connectivity index (χ1v) is 14.8. The lowest BCUT2D eigenvalue weighted by atomic mass is 9.82. The van der Waals surface area contributed by atoms with Gasteiger partial charge in [-0.1, -0.05) is 60.7 Å². The largest absolute Gasteiger partial charge is 0.497 e. The minimum atomic E-state index is -0.184. The number of nitrogens with one attached hydrogen (secondary N) is 1. The molecule has 0 unspecified atom stereocenters. The molecule has 0 aromatic heterocycles. The maximum absolute atomic E-state index is 14.0. The van der Waals surface area contributed by atoms with Gasteiger partial charge in [-0.2, -0.15) is 0 Å². The number of carbonyl (C=O) groups excluding carboxylic acids is 2. The molecule has 7 nitrogen and oxygen atoms in total. The van der Waals surface area contributed by atoms with Crippen molar-refractivity contribution in [3.8, 4) is 11.5 Å². The third kappa shape index (κ3) is 7.21.